The van der Waals surface area contributed by atoms with E-state index in [-0.39, 0.29) is 18.1 Å². The van der Waals surface area contributed by atoms with Gasteiger partial charge in [-0.15, -0.1) is 5.01 Å². The van der Waals surface area contributed by atoms with Crippen LogP contribution < -0.4 is 5.43 Å². The van der Waals surface area contributed by atoms with Crippen molar-refractivity contribution in [3.63, 3.8) is 0 Å². The average molecular weight is 272 g/mol. The Kier molecular flexibility index (Phi) is 5.14. The first-order valence-electron chi connectivity index (χ1n) is 6.33. The molecule has 1 aliphatic rings. The largest absolute Gasteiger partial charge is 0.446 e. The highest BCUT2D eigenvalue weighted by molar-refractivity contribution is 5.95. The van der Waals surface area contributed by atoms with E-state index in [4.69, 9.17) is 9.47 Å². The predicted octanol–water partition coefficient (Wildman–Crippen LogP) is 1.82. The normalized spacial score (nSPS) is 14.2. The van der Waals surface area contributed by atoms with E-state index in [0.29, 0.717) is 17.9 Å². The zero-order valence-electron chi connectivity index (χ0n) is 11.6. The summed E-state index contributed by atoms with van der Waals surface area (Å²) < 4.78 is 9.75. The maximum absolute atomic E-state index is 11.9. The number of rotatable bonds is 3. The molecule has 0 saturated heterocycles. The Balaban J connectivity index is 2.66. The summed E-state index contributed by atoms with van der Waals surface area (Å²) in [5.41, 5.74) is 2.12. The molecule has 0 spiro atoms. The minimum atomic E-state index is -0.896. The molecule has 1 rings (SSSR count). The maximum Gasteiger partial charge on any atom is 0.436 e. The van der Waals surface area contributed by atoms with E-state index >= 15 is 0 Å². The maximum atomic E-state index is 11.9. The lowest BCUT2D eigenvalue weighted by atomic mass is 10.4. The van der Waals surface area contributed by atoms with Gasteiger partial charge in [-0.25, -0.2) is 15.0 Å². The van der Waals surface area contributed by atoms with E-state index in [1.165, 1.54) is 0 Å². The molecule has 7 nitrogen and oxygen atoms in total. The van der Waals surface area contributed by atoms with Crippen LogP contribution in [0.4, 0.5) is 9.59 Å². The summed E-state index contributed by atoms with van der Waals surface area (Å²) in [7, 11) is 0. The molecule has 0 aromatic heterocycles. The van der Waals surface area contributed by atoms with Crippen LogP contribution in [0.5, 0.6) is 0 Å². The zero-order chi connectivity index (χ0) is 14.6. The summed E-state index contributed by atoms with van der Waals surface area (Å²) in [4.78, 5) is 35.1. The van der Waals surface area contributed by atoms with Crippen molar-refractivity contribution in [1.82, 2.24) is 10.4 Å². The van der Waals surface area contributed by atoms with Crippen molar-refractivity contribution in [2.45, 2.75) is 52.7 Å². The van der Waals surface area contributed by atoms with Crippen molar-refractivity contribution >= 4 is 18.1 Å². The predicted molar refractivity (Wildman–Crippen MR) is 65.9 cm³/mol. The van der Waals surface area contributed by atoms with Crippen molar-refractivity contribution in [3.8, 4) is 0 Å². The number of amides is 3. The number of hydrazine groups is 1. The SMILES string of the molecule is CC(C)OC(=O)NN(C(=O)OC(C)C)C(=O)C1CC1. The molecule has 1 N–H and O–H groups in total. The van der Waals surface area contributed by atoms with Gasteiger partial charge in [-0.05, 0) is 40.5 Å². The molecule has 0 unspecified atom stereocenters. The lowest BCUT2D eigenvalue weighted by molar-refractivity contribution is -0.133. The van der Waals surface area contributed by atoms with Gasteiger partial charge in [0.2, 0.25) is 0 Å². The third-order valence-electron chi connectivity index (χ3n) is 2.21. The highest BCUT2D eigenvalue weighted by Gasteiger charge is 2.38. The van der Waals surface area contributed by atoms with Gasteiger partial charge in [-0.3, -0.25) is 4.79 Å². The van der Waals surface area contributed by atoms with Crippen LogP contribution in [-0.2, 0) is 14.3 Å². The second kappa shape index (κ2) is 6.40. The van der Waals surface area contributed by atoms with Gasteiger partial charge in [0.05, 0.1) is 12.2 Å². The van der Waals surface area contributed by atoms with Gasteiger partial charge in [0.1, 0.15) is 0 Å². The molecule has 19 heavy (non-hydrogen) atoms. The molecule has 0 aromatic carbocycles. The molecule has 0 radical (unpaired) electrons. The zero-order valence-corrected chi connectivity index (χ0v) is 11.6. The van der Waals surface area contributed by atoms with Crippen LogP contribution in [0.3, 0.4) is 0 Å². The number of imide groups is 1. The van der Waals surface area contributed by atoms with Gasteiger partial charge in [-0.2, -0.15) is 0 Å². The molecule has 108 valence electrons. The summed E-state index contributed by atoms with van der Waals surface area (Å²) >= 11 is 0. The molecule has 1 saturated carbocycles. The number of carbonyl (C=O) groups is 3. The Bertz CT molecular complexity index is 363. The Hall–Kier alpha value is -1.79. The first kappa shape index (κ1) is 15.3. The number of ether oxygens (including phenoxy) is 2. The van der Waals surface area contributed by atoms with Crippen molar-refractivity contribution < 1.29 is 23.9 Å². The van der Waals surface area contributed by atoms with E-state index < -0.39 is 18.1 Å². The molecule has 0 aliphatic heterocycles. The molecule has 1 aliphatic carbocycles. The fourth-order valence-electron chi connectivity index (χ4n) is 1.29. The van der Waals surface area contributed by atoms with Crippen LogP contribution in [-0.4, -0.2) is 35.3 Å². The summed E-state index contributed by atoms with van der Waals surface area (Å²) in [6.45, 7) is 6.65. The van der Waals surface area contributed by atoms with Crippen LogP contribution in [0, 0.1) is 5.92 Å². The number of nitrogens with zero attached hydrogens (tertiary/aromatic N) is 1. The van der Waals surface area contributed by atoms with Crippen LogP contribution >= 0.6 is 0 Å². The van der Waals surface area contributed by atoms with Gasteiger partial charge < -0.3 is 9.47 Å². The minimum Gasteiger partial charge on any atom is -0.446 e. The van der Waals surface area contributed by atoms with E-state index in [9.17, 15) is 14.4 Å². The monoisotopic (exact) mass is 272 g/mol. The van der Waals surface area contributed by atoms with Crippen molar-refractivity contribution in [1.29, 1.82) is 0 Å². The van der Waals surface area contributed by atoms with E-state index in [1.807, 2.05) is 0 Å². The summed E-state index contributed by atoms with van der Waals surface area (Å²) in [6.07, 6.45) is -1.06. The molecule has 7 heteroatoms. The highest BCUT2D eigenvalue weighted by atomic mass is 16.6. The molecular formula is C12H20N2O5. The summed E-state index contributed by atoms with van der Waals surface area (Å²) in [5.74, 6) is -0.689. The van der Waals surface area contributed by atoms with Gasteiger partial charge in [0.15, 0.2) is 0 Å². The number of nitrogens with one attached hydrogen (secondary N) is 1. The van der Waals surface area contributed by atoms with Gasteiger partial charge >= 0.3 is 12.2 Å². The standard InChI is InChI=1S/C12H20N2O5/c1-7(2)18-11(16)13-14(10(15)9-5-6-9)12(17)19-8(3)4/h7-9H,5-6H2,1-4H3,(H,13,16). The Labute approximate surface area is 112 Å². The molecule has 1 fully saturated rings. The van der Waals surface area contributed by atoms with E-state index in [1.54, 1.807) is 27.7 Å². The van der Waals surface area contributed by atoms with Crippen molar-refractivity contribution in [2.75, 3.05) is 0 Å². The second-order valence-corrected chi connectivity index (χ2v) is 4.95. The first-order chi connectivity index (χ1) is 8.81. The molecule has 0 atom stereocenters. The number of carbonyl (C=O) groups excluding carboxylic acids is 3. The van der Waals surface area contributed by atoms with Crippen molar-refractivity contribution in [3.05, 3.63) is 0 Å². The smallest absolute Gasteiger partial charge is 0.436 e. The highest BCUT2D eigenvalue weighted by Crippen LogP contribution is 2.30. The molecule has 3 amide bonds. The van der Waals surface area contributed by atoms with Gasteiger partial charge in [-0.1, -0.05) is 0 Å². The average Bonchev–Trinajstić information content (AvgIpc) is 3.06. The number of hydrogen-bond acceptors (Lipinski definition) is 5. The molecule has 0 heterocycles. The van der Waals surface area contributed by atoms with Crippen LogP contribution in [0.1, 0.15) is 40.5 Å². The lowest BCUT2D eigenvalue weighted by Gasteiger charge is -2.22. The van der Waals surface area contributed by atoms with E-state index in [0.717, 1.165) is 0 Å². The summed E-state index contributed by atoms with van der Waals surface area (Å²) in [5, 5.41) is 0.600. The van der Waals surface area contributed by atoms with Gasteiger partial charge in [0.25, 0.3) is 5.91 Å². The molecular weight excluding hydrogens is 252 g/mol. The third-order valence-corrected chi connectivity index (χ3v) is 2.21. The van der Waals surface area contributed by atoms with Crippen LogP contribution in [0.2, 0.25) is 0 Å². The Morgan fingerprint density at radius 2 is 1.58 bits per heavy atom. The topological polar surface area (TPSA) is 84.9 Å². The van der Waals surface area contributed by atoms with Gasteiger partial charge in [0, 0.05) is 5.92 Å². The Morgan fingerprint density at radius 1 is 1.05 bits per heavy atom. The van der Waals surface area contributed by atoms with Crippen molar-refractivity contribution in [2.24, 2.45) is 5.92 Å². The first-order valence-corrected chi connectivity index (χ1v) is 6.33. The fourth-order valence-corrected chi connectivity index (χ4v) is 1.29. The molecule has 0 aromatic rings. The lowest BCUT2D eigenvalue weighted by Crippen LogP contribution is -2.51. The number of hydrogen-bond donors (Lipinski definition) is 1. The summed E-state index contributed by atoms with van der Waals surface area (Å²) in [6, 6.07) is 0. The van der Waals surface area contributed by atoms with Crippen LogP contribution in [0.25, 0.3) is 0 Å². The van der Waals surface area contributed by atoms with Crippen LogP contribution in [0.15, 0.2) is 0 Å². The Morgan fingerprint density at radius 3 is 2.00 bits per heavy atom. The minimum absolute atomic E-state index is 0.223. The fraction of sp³-hybridized carbons (Fsp3) is 0.750. The second-order valence-electron chi connectivity index (χ2n) is 4.95. The van der Waals surface area contributed by atoms with E-state index in [2.05, 4.69) is 5.43 Å². The molecule has 0 bridgehead atoms. The third kappa shape index (κ3) is 5.15. The quantitative estimate of drug-likeness (QED) is 0.792.